The maximum absolute atomic E-state index is 11.1. The number of benzene rings is 2. The fraction of sp³-hybridized carbons (Fsp3) is 0.286. The summed E-state index contributed by atoms with van der Waals surface area (Å²) in [4.78, 5) is 11.1. The topological polar surface area (TPSA) is 80.1 Å². The van der Waals surface area contributed by atoms with Crippen LogP contribution in [0.4, 0.5) is 0 Å². The Bertz CT molecular complexity index is 910. The molecule has 146 valence electrons. The smallest absolute Gasteiger partial charge is 0.191 e. The van der Waals surface area contributed by atoms with Crippen LogP contribution in [-0.4, -0.2) is 26.0 Å². The Morgan fingerprint density at radius 2 is 1.86 bits per heavy atom. The van der Waals surface area contributed by atoms with E-state index in [4.69, 9.17) is 4.74 Å². The standard InChI is InChI=1S/C21H23N3O3S/c1-15-8-10-18(11-9-15)27-14-19-22-23-21(28-16(2)20(25)26)24(19)13-12-17-6-4-3-5-7-17/h3-11,16H,12-14H2,1-2H3,(H,25,26)/p-1/t16-/m0/s1. The van der Waals surface area contributed by atoms with Crippen LogP contribution in [0.1, 0.15) is 23.9 Å². The van der Waals surface area contributed by atoms with Crippen LogP contribution >= 0.6 is 11.8 Å². The van der Waals surface area contributed by atoms with E-state index in [0.717, 1.165) is 29.5 Å². The molecule has 0 amide bonds. The average Bonchev–Trinajstić information content (AvgIpc) is 3.08. The van der Waals surface area contributed by atoms with Gasteiger partial charge in [0, 0.05) is 11.8 Å². The van der Waals surface area contributed by atoms with E-state index in [-0.39, 0.29) is 6.61 Å². The molecule has 0 saturated carbocycles. The van der Waals surface area contributed by atoms with E-state index >= 15 is 0 Å². The summed E-state index contributed by atoms with van der Waals surface area (Å²) in [6, 6.07) is 17.9. The third-order valence-corrected chi connectivity index (χ3v) is 5.32. The second-order valence-corrected chi connectivity index (χ2v) is 7.77. The summed E-state index contributed by atoms with van der Waals surface area (Å²) in [7, 11) is 0. The molecule has 3 rings (SSSR count). The number of thioether (sulfide) groups is 1. The summed E-state index contributed by atoms with van der Waals surface area (Å²) < 4.78 is 7.77. The monoisotopic (exact) mass is 396 g/mol. The number of aliphatic carboxylic acids is 1. The Hall–Kier alpha value is -2.80. The number of ether oxygens (including phenoxy) is 1. The lowest BCUT2D eigenvalue weighted by Crippen LogP contribution is -2.31. The molecule has 0 aliphatic heterocycles. The Morgan fingerprint density at radius 1 is 1.14 bits per heavy atom. The van der Waals surface area contributed by atoms with E-state index in [2.05, 4.69) is 22.3 Å². The molecule has 0 aliphatic carbocycles. The number of carboxylic acid groups (broad SMARTS) is 1. The van der Waals surface area contributed by atoms with Crippen molar-refractivity contribution in [1.82, 2.24) is 14.8 Å². The highest BCUT2D eigenvalue weighted by Gasteiger charge is 2.16. The summed E-state index contributed by atoms with van der Waals surface area (Å²) in [5, 5.41) is 19.4. The summed E-state index contributed by atoms with van der Waals surface area (Å²) in [5.41, 5.74) is 2.35. The van der Waals surface area contributed by atoms with Crippen molar-refractivity contribution in [1.29, 1.82) is 0 Å². The van der Waals surface area contributed by atoms with Crippen LogP contribution < -0.4 is 9.84 Å². The summed E-state index contributed by atoms with van der Waals surface area (Å²) in [6.07, 6.45) is 0.781. The lowest BCUT2D eigenvalue weighted by atomic mass is 10.1. The van der Waals surface area contributed by atoms with E-state index in [1.54, 1.807) is 6.92 Å². The first-order valence-corrected chi connectivity index (χ1v) is 9.94. The van der Waals surface area contributed by atoms with E-state index in [1.165, 1.54) is 5.56 Å². The Balaban J connectivity index is 1.76. The molecule has 7 heteroatoms. The molecule has 0 spiro atoms. The first-order chi connectivity index (χ1) is 13.5. The van der Waals surface area contributed by atoms with Gasteiger partial charge in [-0.25, -0.2) is 0 Å². The van der Waals surface area contributed by atoms with Crippen LogP contribution in [0.15, 0.2) is 59.8 Å². The largest absolute Gasteiger partial charge is 0.549 e. The number of aryl methyl sites for hydroxylation is 2. The average molecular weight is 396 g/mol. The fourth-order valence-corrected chi connectivity index (χ4v) is 3.44. The van der Waals surface area contributed by atoms with Crippen LogP contribution in [0, 0.1) is 6.92 Å². The number of carbonyl (C=O) groups excluding carboxylic acids is 1. The van der Waals surface area contributed by atoms with Gasteiger partial charge in [0.1, 0.15) is 12.4 Å². The van der Waals surface area contributed by atoms with Gasteiger partial charge in [-0.05, 0) is 38.0 Å². The molecule has 1 aromatic heterocycles. The SMILES string of the molecule is Cc1ccc(OCc2nnc(S[C@@H](C)C(=O)[O-])n2CCc2ccccc2)cc1. The predicted octanol–water partition coefficient (Wildman–Crippen LogP) is 2.64. The third-order valence-electron chi connectivity index (χ3n) is 4.26. The van der Waals surface area contributed by atoms with Crippen molar-refractivity contribution in [2.24, 2.45) is 0 Å². The third kappa shape index (κ3) is 5.36. The van der Waals surface area contributed by atoms with Gasteiger partial charge in [0.25, 0.3) is 0 Å². The predicted molar refractivity (Wildman–Crippen MR) is 106 cm³/mol. The van der Waals surface area contributed by atoms with Gasteiger partial charge < -0.3 is 19.2 Å². The zero-order valence-electron chi connectivity index (χ0n) is 15.9. The zero-order chi connectivity index (χ0) is 19.9. The molecule has 2 aromatic carbocycles. The van der Waals surface area contributed by atoms with E-state index in [0.29, 0.717) is 17.5 Å². The van der Waals surface area contributed by atoms with Gasteiger partial charge in [0.15, 0.2) is 11.0 Å². The maximum Gasteiger partial charge on any atom is 0.191 e. The summed E-state index contributed by atoms with van der Waals surface area (Å²) >= 11 is 1.13. The number of aromatic nitrogens is 3. The van der Waals surface area contributed by atoms with Gasteiger partial charge in [-0.15, -0.1) is 10.2 Å². The van der Waals surface area contributed by atoms with Crippen molar-refractivity contribution < 1.29 is 14.6 Å². The second-order valence-electron chi connectivity index (χ2n) is 6.47. The molecule has 6 nitrogen and oxygen atoms in total. The molecule has 0 aliphatic rings. The van der Waals surface area contributed by atoms with E-state index in [9.17, 15) is 9.90 Å². The highest BCUT2D eigenvalue weighted by Crippen LogP contribution is 2.23. The van der Waals surface area contributed by atoms with Crippen molar-refractivity contribution in [3.8, 4) is 5.75 Å². The lowest BCUT2D eigenvalue weighted by molar-refractivity contribution is -0.304. The number of carboxylic acids is 1. The van der Waals surface area contributed by atoms with Crippen molar-refractivity contribution in [2.45, 2.75) is 43.8 Å². The minimum absolute atomic E-state index is 0.255. The number of hydrogen-bond donors (Lipinski definition) is 0. The van der Waals surface area contributed by atoms with E-state index < -0.39 is 11.2 Å². The van der Waals surface area contributed by atoms with Crippen molar-refractivity contribution >= 4 is 17.7 Å². The van der Waals surface area contributed by atoms with Gasteiger partial charge in [-0.1, -0.05) is 59.8 Å². The fourth-order valence-electron chi connectivity index (χ4n) is 2.61. The lowest BCUT2D eigenvalue weighted by Gasteiger charge is -2.14. The molecule has 0 fully saturated rings. The normalized spacial score (nSPS) is 11.9. The Morgan fingerprint density at radius 3 is 2.54 bits per heavy atom. The zero-order valence-corrected chi connectivity index (χ0v) is 16.7. The van der Waals surface area contributed by atoms with Crippen molar-refractivity contribution in [3.05, 3.63) is 71.5 Å². The van der Waals surface area contributed by atoms with Gasteiger partial charge in [-0.3, -0.25) is 0 Å². The highest BCUT2D eigenvalue weighted by molar-refractivity contribution is 8.00. The quantitative estimate of drug-likeness (QED) is 0.517. The van der Waals surface area contributed by atoms with Crippen molar-refractivity contribution in [3.63, 3.8) is 0 Å². The number of carbonyl (C=O) groups is 1. The molecule has 0 radical (unpaired) electrons. The van der Waals surface area contributed by atoms with Crippen molar-refractivity contribution in [2.75, 3.05) is 0 Å². The maximum atomic E-state index is 11.1. The summed E-state index contributed by atoms with van der Waals surface area (Å²) in [6.45, 7) is 4.49. The Kier molecular flexibility index (Phi) is 6.71. The number of rotatable bonds is 9. The number of nitrogens with zero attached hydrogens (tertiary/aromatic N) is 3. The van der Waals surface area contributed by atoms with Crippen LogP contribution in [0.3, 0.4) is 0 Å². The van der Waals surface area contributed by atoms with Gasteiger partial charge in [-0.2, -0.15) is 0 Å². The molecule has 3 aromatic rings. The van der Waals surface area contributed by atoms with Crippen LogP contribution in [0.5, 0.6) is 5.75 Å². The van der Waals surface area contributed by atoms with Gasteiger partial charge in [0.05, 0.1) is 5.97 Å². The molecular formula is C21H22N3O3S-. The van der Waals surface area contributed by atoms with E-state index in [1.807, 2.05) is 54.0 Å². The molecule has 0 unspecified atom stereocenters. The van der Waals surface area contributed by atoms with Crippen LogP contribution in [-0.2, 0) is 24.4 Å². The Labute approximate surface area is 168 Å². The first-order valence-electron chi connectivity index (χ1n) is 9.06. The number of hydrogen-bond acceptors (Lipinski definition) is 6. The molecule has 0 saturated heterocycles. The second kappa shape index (κ2) is 9.41. The molecule has 0 N–H and O–H groups in total. The molecular weight excluding hydrogens is 374 g/mol. The van der Waals surface area contributed by atoms with Gasteiger partial charge >= 0.3 is 0 Å². The van der Waals surface area contributed by atoms with Crippen LogP contribution in [0.25, 0.3) is 0 Å². The molecule has 0 bridgehead atoms. The van der Waals surface area contributed by atoms with Crippen LogP contribution in [0.2, 0.25) is 0 Å². The first kappa shape index (κ1) is 19.9. The van der Waals surface area contributed by atoms with Gasteiger partial charge in [0.2, 0.25) is 0 Å². The minimum atomic E-state index is -1.12. The molecule has 1 atom stereocenters. The minimum Gasteiger partial charge on any atom is -0.549 e. The molecule has 1 heterocycles. The molecule has 28 heavy (non-hydrogen) atoms. The summed E-state index contributed by atoms with van der Waals surface area (Å²) in [5.74, 6) is 0.283. The highest BCUT2D eigenvalue weighted by atomic mass is 32.2.